The number of pyridine rings is 1. The first kappa shape index (κ1) is 24.1. The maximum absolute atomic E-state index is 14.7. The molecule has 1 aliphatic heterocycles. The van der Waals surface area contributed by atoms with Crippen LogP contribution in [0.5, 0.6) is 5.75 Å². The third-order valence-corrected chi connectivity index (χ3v) is 7.19. The van der Waals surface area contributed by atoms with Crippen LogP contribution in [0.4, 0.5) is 4.39 Å². The van der Waals surface area contributed by atoms with E-state index < -0.39 is 23.8 Å². The lowest BCUT2D eigenvalue weighted by atomic mass is 9.81. The summed E-state index contributed by atoms with van der Waals surface area (Å²) in [6.45, 7) is 1.68. The number of nitrogens with zero attached hydrogens (tertiary/aromatic N) is 2. The Balaban J connectivity index is 1.42. The van der Waals surface area contributed by atoms with Crippen LogP contribution in [0.2, 0.25) is 0 Å². The van der Waals surface area contributed by atoms with Crippen LogP contribution in [0.25, 0.3) is 10.9 Å². The van der Waals surface area contributed by atoms with Gasteiger partial charge in [-0.15, -0.1) is 11.3 Å². The number of piperidine rings is 1. The zero-order valence-electron chi connectivity index (χ0n) is 18.9. The van der Waals surface area contributed by atoms with Crippen molar-refractivity contribution in [1.29, 1.82) is 0 Å². The van der Waals surface area contributed by atoms with Crippen LogP contribution < -0.4 is 4.74 Å². The number of aromatic nitrogens is 1. The molecule has 3 heterocycles. The molecule has 0 bridgehead atoms. The second kappa shape index (κ2) is 11.0. The van der Waals surface area contributed by atoms with Gasteiger partial charge in [0.15, 0.2) is 0 Å². The predicted octanol–water partition coefficient (Wildman–Crippen LogP) is 4.33. The van der Waals surface area contributed by atoms with Crippen molar-refractivity contribution < 1.29 is 24.1 Å². The fraction of sp³-hybridized carbons (Fsp3) is 0.385. The van der Waals surface area contributed by atoms with Crippen LogP contribution in [0.1, 0.15) is 35.8 Å². The predicted molar refractivity (Wildman–Crippen MR) is 129 cm³/mol. The molecule has 0 amide bonds. The maximum atomic E-state index is 14.7. The minimum atomic E-state index is -1.07. The van der Waals surface area contributed by atoms with Gasteiger partial charge in [0.25, 0.3) is 0 Å². The zero-order chi connectivity index (χ0) is 24.1. The molecule has 2 N–H and O–H groups in total. The highest BCUT2D eigenvalue weighted by atomic mass is 32.1. The fourth-order valence-corrected chi connectivity index (χ4v) is 5.17. The van der Waals surface area contributed by atoms with Crippen molar-refractivity contribution in [2.45, 2.75) is 25.4 Å². The average Bonchev–Trinajstić information content (AvgIpc) is 3.36. The van der Waals surface area contributed by atoms with Gasteiger partial charge in [0.05, 0.1) is 42.3 Å². The summed E-state index contributed by atoms with van der Waals surface area (Å²) in [6.07, 6.45) is 1.49. The number of carboxylic acid groups (broad SMARTS) is 1. The number of aliphatic hydroxyl groups is 1. The zero-order valence-corrected chi connectivity index (χ0v) is 19.7. The van der Waals surface area contributed by atoms with E-state index in [1.165, 1.54) is 7.11 Å². The van der Waals surface area contributed by atoms with E-state index >= 15 is 0 Å². The fourth-order valence-electron chi connectivity index (χ4n) is 4.57. The van der Waals surface area contributed by atoms with Gasteiger partial charge in [-0.25, -0.2) is 4.39 Å². The SMILES string of the molecule is COc1ccc2ncc(F)c([C@@H](O)CC[C@H]3CCN(CC#Cc4cccs4)C[C@H]3C(=O)O)c2c1. The average molecular weight is 483 g/mol. The van der Waals surface area contributed by atoms with Gasteiger partial charge >= 0.3 is 5.97 Å². The molecule has 3 aromatic rings. The first-order valence-corrected chi connectivity index (χ1v) is 12.1. The Morgan fingerprint density at radius 3 is 3.00 bits per heavy atom. The van der Waals surface area contributed by atoms with Gasteiger partial charge in [-0.3, -0.25) is 14.7 Å². The monoisotopic (exact) mass is 482 g/mol. The molecule has 0 spiro atoms. The Morgan fingerprint density at radius 2 is 2.26 bits per heavy atom. The molecule has 1 aromatic carbocycles. The van der Waals surface area contributed by atoms with Gasteiger partial charge in [-0.2, -0.15) is 0 Å². The number of aliphatic hydroxyl groups excluding tert-OH is 1. The second-order valence-corrected chi connectivity index (χ2v) is 9.45. The van der Waals surface area contributed by atoms with Crippen LogP contribution in [0.3, 0.4) is 0 Å². The summed E-state index contributed by atoms with van der Waals surface area (Å²) in [4.78, 5) is 19.1. The Labute approximate surface area is 202 Å². The first-order chi connectivity index (χ1) is 16.5. The smallest absolute Gasteiger partial charge is 0.308 e. The van der Waals surface area contributed by atoms with E-state index in [-0.39, 0.29) is 17.9 Å². The molecule has 1 fully saturated rings. The Hall–Kier alpha value is -2.99. The van der Waals surface area contributed by atoms with Crippen molar-refractivity contribution in [1.82, 2.24) is 9.88 Å². The van der Waals surface area contributed by atoms with Crippen molar-refractivity contribution >= 4 is 28.2 Å². The lowest BCUT2D eigenvalue weighted by Gasteiger charge is -2.36. The summed E-state index contributed by atoms with van der Waals surface area (Å²) < 4.78 is 19.9. The highest BCUT2D eigenvalue weighted by Gasteiger charge is 2.34. The normalized spacial score (nSPS) is 19.4. The summed E-state index contributed by atoms with van der Waals surface area (Å²) in [5.74, 6) is 4.71. The third kappa shape index (κ3) is 5.55. The molecule has 3 atom stereocenters. The van der Waals surface area contributed by atoms with Crippen LogP contribution in [-0.4, -0.2) is 52.8 Å². The largest absolute Gasteiger partial charge is 0.497 e. The third-order valence-electron chi connectivity index (χ3n) is 6.40. The van der Waals surface area contributed by atoms with E-state index in [4.69, 9.17) is 4.74 Å². The van der Waals surface area contributed by atoms with Gasteiger partial charge in [-0.1, -0.05) is 17.9 Å². The molecule has 6 nitrogen and oxygen atoms in total. The molecule has 0 radical (unpaired) electrons. The standard InChI is InChI=1S/C26H27FN2O4S/c1-33-18-7-8-23-20(14-18)25(22(27)15-28-23)24(30)9-6-17-10-12-29(16-21(17)26(31)32)11-2-4-19-5-3-13-34-19/h3,5,7-8,13-15,17,21,24,30H,6,9-12,16H2,1H3,(H,31,32)/t17-,21+,24-/m0/s1. The molecule has 8 heteroatoms. The highest BCUT2D eigenvalue weighted by molar-refractivity contribution is 7.10. The number of halogens is 1. The van der Waals surface area contributed by atoms with Crippen molar-refractivity contribution in [2.24, 2.45) is 11.8 Å². The van der Waals surface area contributed by atoms with Crippen LogP contribution >= 0.6 is 11.3 Å². The Kier molecular flexibility index (Phi) is 7.78. The van der Waals surface area contributed by atoms with Crippen molar-refractivity contribution in [3.8, 4) is 17.6 Å². The Morgan fingerprint density at radius 1 is 1.41 bits per heavy atom. The van der Waals surface area contributed by atoms with Crippen LogP contribution in [0, 0.1) is 29.5 Å². The number of likely N-dealkylation sites (tertiary alicyclic amines) is 1. The molecule has 178 valence electrons. The van der Waals surface area contributed by atoms with E-state index in [1.54, 1.807) is 29.5 Å². The number of methoxy groups -OCH3 is 1. The molecule has 34 heavy (non-hydrogen) atoms. The summed E-state index contributed by atoms with van der Waals surface area (Å²) in [6, 6.07) is 9.03. The van der Waals surface area contributed by atoms with E-state index in [0.29, 0.717) is 42.6 Å². The molecule has 0 saturated carbocycles. The van der Waals surface area contributed by atoms with Gasteiger partial charge in [-0.05, 0) is 61.4 Å². The highest BCUT2D eigenvalue weighted by Crippen LogP contribution is 2.34. The number of rotatable bonds is 7. The number of carbonyl (C=O) groups is 1. The summed E-state index contributed by atoms with van der Waals surface area (Å²) in [7, 11) is 1.52. The summed E-state index contributed by atoms with van der Waals surface area (Å²) in [5.41, 5.74) is 0.744. The number of hydrogen-bond acceptors (Lipinski definition) is 6. The number of hydrogen-bond donors (Lipinski definition) is 2. The molecular weight excluding hydrogens is 455 g/mol. The molecular formula is C26H27FN2O4S. The van der Waals surface area contributed by atoms with Gasteiger partial charge in [0, 0.05) is 17.5 Å². The Bertz CT molecular complexity index is 1200. The van der Waals surface area contributed by atoms with E-state index in [2.05, 4.69) is 21.7 Å². The quantitative estimate of drug-likeness (QED) is 0.488. The van der Waals surface area contributed by atoms with Crippen molar-refractivity contribution in [3.63, 3.8) is 0 Å². The molecule has 2 aromatic heterocycles. The molecule has 0 aliphatic carbocycles. The maximum Gasteiger partial charge on any atom is 0.308 e. The number of thiophene rings is 1. The van der Waals surface area contributed by atoms with Gasteiger partial charge in [0.2, 0.25) is 0 Å². The van der Waals surface area contributed by atoms with E-state index in [0.717, 1.165) is 17.6 Å². The number of fused-ring (bicyclic) bond motifs is 1. The first-order valence-electron chi connectivity index (χ1n) is 11.2. The van der Waals surface area contributed by atoms with Gasteiger partial charge < -0.3 is 14.9 Å². The number of aliphatic carboxylic acids is 1. The minimum Gasteiger partial charge on any atom is -0.497 e. The van der Waals surface area contributed by atoms with Crippen molar-refractivity contribution in [3.05, 3.63) is 58.2 Å². The molecule has 0 unspecified atom stereocenters. The summed E-state index contributed by atoms with van der Waals surface area (Å²) in [5, 5.41) is 23.2. The topological polar surface area (TPSA) is 82.9 Å². The number of benzene rings is 1. The van der Waals surface area contributed by atoms with Crippen LogP contribution in [0.15, 0.2) is 41.9 Å². The lowest BCUT2D eigenvalue weighted by Crippen LogP contribution is -2.44. The molecule has 4 rings (SSSR count). The number of ether oxygens (including phenoxy) is 1. The molecule has 1 saturated heterocycles. The minimum absolute atomic E-state index is 0.0978. The molecule has 1 aliphatic rings. The summed E-state index contributed by atoms with van der Waals surface area (Å²) >= 11 is 1.58. The lowest BCUT2D eigenvalue weighted by molar-refractivity contribution is -0.146. The van der Waals surface area contributed by atoms with Gasteiger partial charge in [0.1, 0.15) is 11.6 Å². The second-order valence-electron chi connectivity index (χ2n) is 8.50. The van der Waals surface area contributed by atoms with E-state index in [1.807, 2.05) is 17.5 Å². The van der Waals surface area contributed by atoms with Crippen LogP contribution in [-0.2, 0) is 4.79 Å². The number of carboxylic acids is 1. The van der Waals surface area contributed by atoms with Crippen molar-refractivity contribution in [2.75, 3.05) is 26.7 Å². The van der Waals surface area contributed by atoms with E-state index in [9.17, 15) is 19.4 Å².